The quantitative estimate of drug-likeness (QED) is 0.196. The van der Waals surface area contributed by atoms with Crippen molar-refractivity contribution in [3.8, 4) is 45.0 Å². The molecule has 4 aromatic carbocycles. The van der Waals surface area contributed by atoms with Crippen molar-refractivity contribution in [1.29, 1.82) is 0 Å². The first kappa shape index (κ1) is 25.7. The third-order valence-electron chi connectivity index (χ3n) is 6.27. The molecule has 0 aliphatic rings. The third kappa shape index (κ3) is 5.80. The fourth-order valence-corrected chi connectivity index (χ4v) is 4.20. The first-order valence-corrected chi connectivity index (χ1v) is 12.8. The van der Waals surface area contributed by atoms with E-state index >= 15 is 0 Å². The topological polar surface area (TPSA) is 78.6 Å². The van der Waals surface area contributed by atoms with Gasteiger partial charge in [0.2, 0.25) is 5.89 Å². The Balaban J connectivity index is 1.27. The van der Waals surface area contributed by atoms with Gasteiger partial charge in [-0.25, -0.2) is 14.6 Å². The average molecular weight is 518 g/mol. The van der Waals surface area contributed by atoms with Gasteiger partial charge in [0, 0.05) is 11.1 Å². The Morgan fingerprint density at radius 1 is 0.564 bits per heavy atom. The molecule has 0 saturated carbocycles. The molecule has 0 aliphatic carbocycles. The molecule has 0 N–H and O–H groups in total. The molecular formula is C33H27NO5. The minimum Gasteiger partial charge on any atom is -0.462 e. The molecule has 0 atom stereocenters. The summed E-state index contributed by atoms with van der Waals surface area (Å²) in [5, 5.41) is 0. The van der Waals surface area contributed by atoms with Gasteiger partial charge < -0.3 is 13.9 Å². The van der Waals surface area contributed by atoms with Crippen LogP contribution in [0.2, 0.25) is 0 Å². The largest absolute Gasteiger partial charge is 0.462 e. The summed E-state index contributed by atoms with van der Waals surface area (Å²) in [6, 6.07) is 30.6. The number of oxazole rings is 1. The summed E-state index contributed by atoms with van der Waals surface area (Å²) >= 11 is 0. The highest BCUT2D eigenvalue weighted by atomic mass is 16.5. The molecular weight excluding hydrogens is 490 g/mol. The summed E-state index contributed by atoms with van der Waals surface area (Å²) in [4.78, 5) is 28.2. The van der Waals surface area contributed by atoms with E-state index in [9.17, 15) is 9.59 Å². The lowest BCUT2D eigenvalue weighted by Crippen LogP contribution is -2.03. The molecule has 0 amide bonds. The van der Waals surface area contributed by atoms with E-state index in [1.807, 2.05) is 72.8 Å². The molecule has 0 aliphatic heterocycles. The smallest absolute Gasteiger partial charge is 0.338 e. The van der Waals surface area contributed by atoms with E-state index in [1.165, 1.54) is 0 Å². The number of esters is 2. The van der Waals surface area contributed by atoms with Crippen molar-refractivity contribution >= 4 is 11.9 Å². The molecule has 0 saturated heterocycles. The number of rotatable bonds is 8. The van der Waals surface area contributed by atoms with Gasteiger partial charge in [-0.1, -0.05) is 60.7 Å². The molecule has 0 unspecified atom stereocenters. The summed E-state index contributed by atoms with van der Waals surface area (Å²) in [7, 11) is 0. The first-order valence-electron chi connectivity index (χ1n) is 12.8. The number of carbonyl (C=O) groups excluding carboxylic acids is 2. The van der Waals surface area contributed by atoms with Crippen molar-refractivity contribution in [3.63, 3.8) is 0 Å². The van der Waals surface area contributed by atoms with E-state index < -0.39 is 0 Å². The van der Waals surface area contributed by atoms with Crippen LogP contribution in [0.4, 0.5) is 0 Å². The molecule has 6 nitrogen and oxygen atoms in total. The molecule has 0 radical (unpaired) electrons. The van der Waals surface area contributed by atoms with Crippen LogP contribution in [0.5, 0.6) is 0 Å². The van der Waals surface area contributed by atoms with Crippen LogP contribution >= 0.6 is 0 Å². The molecule has 0 spiro atoms. The van der Waals surface area contributed by atoms with E-state index in [2.05, 4.69) is 4.98 Å². The van der Waals surface area contributed by atoms with Gasteiger partial charge in [0.05, 0.1) is 30.5 Å². The van der Waals surface area contributed by atoms with Gasteiger partial charge in [0.15, 0.2) is 5.76 Å². The van der Waals surface area contributed by atoms with Gasteiger partial charge in [-0.2, -0.15) is 0 Å². The van der Waals surface area contributed by atoms with Crippen molar-refractivity contribution in [2.45, 2.75) is 13.8 Å². The predicted octanol–water partition coefficient (Wildman–Crippen LogP) is 7.70. The Morgan fingerprint density at radius 3 is 1.33 bits per heavy atom. The first-order chi connectivity index (χ1) is 19.1. The zero-order valence-corrected chi connectivity index (χ0v) is 21.7. The lowest BCUT2D eigenvalue weighted by molar-refractivity contribution is 0.0517. The molecule has 0 fully saturated rings. The van der Waals surface area contributed by atoms with Gasteiger partial charge in [-0.05, 0) is 72.5 Å². The van der Waals surface area contributed by atoms with Gasteiger partial charge in [-0.15, -0.1) is 0 Å². The van der Waals surface area contributed by atoms with E-state index in [0.717, 1.165) is 33.4 Å². The summed E-state index contributed by atoms with van der Waals surface area (Å²) in [6.07, 6.45) is 1.72. The molecule has 194 valence electrons. The third-order valence-corrected chi connectivity index (χ3v) is 6.27. The molecule has 0 bridgehead atoms. The number of benzene rings is 4. The standard InChI is InChI=1S/C33H27NO5/c1-3-37-32(35)28-17-9-24(10-18-28)22-5-13-26(14-6-22)30-21-34-31(39-30)27-15-7-23(8-16-27)25-11-19-29(20-12-25)33(36)38-4-2/h5-21H,3-4H2,1-2H3. The molecule has 5 rings (SSSR count). The number of nitrogens with zero attached hydrogens (tertiary/aromatic N) is 1. The van der Waals surface area contributed by atoms with Crippen LogP contribution in [0, 0.1) is 0 Å². The van der Waals surface area contributed by atoms with Gasteiger partial charge in [0.1, 0.15) is 0 Å². The van der Waals surface area contributed by atoms with Crippen LogP contribution in [0.1, 0.15) is 34.6 Å². The fourth-order valence-electron chi connectivity index (χ4n) is 4.20. The number of hydrogen-bond donors (Lipinski definition) is 0. The number of ether oxygens (including phenoxy) is 2. The minimum atomic E-state index is -0.321. The second-order valence-corrected chi connectivity index (χ2v) is 8.78. The normalized spacial score (nSPS) is 10.7. The maximum Gasteiger partial charge on any atom is 0.338 e. The van der Waals surface area contributed by atoms with Crippen LogP contribution in [-0.4, -0.2) is 30.1 Å². The maximum atomic E-state index is 11.9. The zero-order chi connectivity index (χ0) is 27.2. The van der Waals surface area contributed by atoms with Crippen molar-refractivity contribution in [2.75, 3.05) is 13.2 Å². The Hall–Kier alpha value is -4.97. The Kier molecular flexibility index (Phi) is 7.64. The van der Waals surface area contributed by atoms with Gasteiger partial charge in [-0.3, -0.25) is 0 Å². The summed E-state index contributed by atoms with van der Waals surface area (Å²) in [5.41, 5.74) is 6.90. The lowest BCUT2D eigenvalue weighted by Gasteiger charge is -2.06. The van der Waals surface area contributed by atoms with Crippen LogP contribution in [0.25, 0.3) is 45.0 Å². The Bertz CT molecular complexity index is 1450. The van der Waals surface area contributed by atoms with E-state index in [-0.39, 0.29) is 11.9 Å². The number of hydrogen-bond acceptors (Lipinski definition) is 6. The highest BCUT2D eigenvalue weighted by molar-refractivity contribution is 5.90. The molecule has 5 aromatic rings. The lowest BCUT2D eigenvalue weighted by atomic mass is 10.0. The number of aromatic nitrogens is 1. The molecule has 39 heavy (non-hydrogen) atoms. The number of carbonyl (C=O) groups is 2. The van der Waals surface area contributed by atoms with Crippen LogP contribution < -0.4 is 0 Å². The van der Waals surface area contributed by atoms with E-state index in [0.29, 0.717) is 36.0 Å². The van der Waals surface area contributed by atoms with E-state index in [4.69, 9.17) is 13.9 Å². The van der Waals surface area contributed by atoms with Crippen LogP contribution in [-0.2, 0) is 9.47 Å². The maximum absolute atomic E-state index is 11.9. The van der Waals surface area contributed by atoms with E-state index in [1.54, 1.807) is 44.3 Å². The Labute approximate surface area is 226 Å². The summed E-state index contributed by atoms with van der Waals surface area (Å²) < 4.78 is 16.2. The van der Waals surface area contributed by atoms with Crippen molar-refractivity contribution in [1.82, 2.24) is 4.98 Å². The minimum absolute atomic E-state index is 0.320. The predicted molar refractivity (Wildman–Crippen MR) is 150 cm³/mol. The van der Waals surface area contributed by atoms with Crippen molar-refractivity contribution < 1.29 is 23.5 Å². The zero-order valence-electron chi connectivity index (χ0n) is 21.7. The van der Waals surface area contributed by atoms with Gasteiger partial charge >= 0.3 is 11.9 Å². The summed E-state index contributed by atoms with van der Waals surface area (Å²) in [5.74, 6) is 0.568. The second kappa shape index (κ2) is 11.6. The van der Waals surface area contributed by atoms with Crippen molar-refractivity contribution in [2.24, 2.45) is 0 Å². The summed E-state index contributed by atoms with van der Waals surface area (Å²) in [6.45, 7) is 4.28. The average Bonchev–Trinajstić information content (AvgIpc) is 3.48. The fraction of sp³-hybridized carbons (Fsp3) is 0.121. The molecule has 1 aromatic heterocycles. The molecule has 1 heterocycles. The highest BCUT2D eigenvalue weighted by Gasteiger charge is 2.11. The van der Waals surface area contributed by atoms with Crippen LogP contribution in [0.15, 0.2) is 108 Å². The monoisotopic (exact) mass is 517 g/mol. The van der Waals surface area contributed by atoms with Crippen LogP contribution in [0.3, 0.4) is 0 Å². The van der Waals surface area contributed by atoms with Crippen molar-refractivity contribution in [3.05, 3.63) is 114 Å². The Morgan fingerprint density at radius 2 is 0.923 bits per heavy atom. The molecule has 6 heteroatoms. The van der Waals surface area contributed by atoms with Gasteiger partial charge in [0.25, 0.3) is 0 Å². The highest BCUT2D eigenvalue weighted by Crippen LogP contribution is 2.30. The SMILES string of the molecule is CCOC(=O)c1ccc(-c2ccc(-c3cnc(-c4ccc(-c5ccc(C(=O)OCC)cc5)cc4)o3)cc2)cc1. The second-order valence-electron chi connectivity index (χ2n) is 8.78.